The molecule has 20 heavy (non-hydrogen) atoms. The van der Waals surface area contributed by atoms with Gasteiger partial charge in [0.15, 0.2) is 0 Å². The fourth-order valence-electron chi connectivity index (χ4n) is 2.18. The van der Waals surface area contributed by atoms with Gasteiger partial charge in [-0.2, -0.15) is 13.2 Å². The Bertz CT molecular complexity index is 412. The highest BCUT2D eigenvalue weighted by atomic mass is 35.5. The second-order valence-electron chi connectivity index (χ2n) is 4.44. The van der Waals surface area contributed by atoms with E-state index in [2.05, 4.69) is 0 Å². The van der Waals surface area contributed by atoms with Crippen molar-refractivity contribution in [3.05, 3.63) is 35.4 Å². The molecule has 0 saturated carbocycles. The van der Waals surface area contributed by atoms with Crippen molar-refractivity contribution in [2.75, 3.05) is 12.5 Å². The molecule has 114 valence electrons. The largest absolute Gasteiger partial charge is 0.416 e. The average molecular weight is 310 g/mol. The predicted molar refractivity (Wildman–Crippen MR) is 73.7 cm³/mol. The molecular formula is C14H19ClF3NO. The van der Waals surface area contributed by atoms with Crippen LogP contribution in [-0.4, -0.2) is 18.7 Å². The Balaban J connectivity index is 3.12. The van der Waals surface area contributed by atoms with Crippen molar-refractivity contribution in [1.82, 2.24) is 0 Å². The zero-order valence-corrected chi connectivity index (χ0v) is 12.0. The Morgan fingerprint density at radius 1 is 1.30 bits per heavy atom. The molecule has 0 amide bonds. The molecule has 0 bridgehead atoms. The third kappa shape index (κ3) is 4.65. The van der Waals surface area contributed by atoms with Crippen molar-refractivity contribution in [1.29, 1.82) is 0 Å². The Labute approximate surface area is 122 Å². The lowest BCUT2D eigenvalue weighted by atomic mass is 9.89. The van der Waals surface area contributed by atoms with E-state index in [0.29, 0.717) is 25.3 Å². The molecule has 6 heteroatoms. The summed E-state index contributed by atoms with van der Waals surface area (Å²) in [5.74, 6) is -0.143. The fourth-order valence-corrected chi connectivity index (χ4v) is 2.34. The van der Waals surface area contributed by atoms with E-state index in [1.807, 2.05) is 0 Å². The van der Waals surface area contributed by atoms with Gasteiger partial charge in [-0.05, 0) is 31.4 Å². The third-order valence-corrected chi connectivity index (χ3v) is 3.34. The van der Waals surface area contributed by atoms with Gasteiger partial charge in [0.2, 0.25) is 0 Å². The molecule has 0 fully saturated rings. The maximum Gasteiger partial charge on any atom is 0.416 e. The highest BCUT2D eigenvalue weighted by Gasteiger charge is 2.36. The standard InChI is InChI=1S/C14H19ClF3NO/c1-2-20-13(19)11(7-5-9-15)10-6-3-4-8-12(10)14(16,17)18/h3-4,6,8,11,13H,2,5,7,9,19H2,1H3. The number of benzene rings is 1. The van der Waals surface area contributed by atoms with E-state index < -0.39 is 23.9 Å². The summed E-state index contributed by atoms with van der Waals surface area (Å²) < 4.78 is 44.5. The first kappa shape index (κ1) is 17.3. The third-order valence-electron chi connectivity index (χ3n) is 3.07. The van der Waals surface area contributed by atoms with Crippen molar-refractivity contribution in [2.24, 2.45) is 5.73 Å². The normalized spacial score (nSPS) is 15.1. The zero-order valence-electron chi connectivity index (χ0n) is 11.3. The molecule has 2 atom stereocenters. The highest BCUT2D eigenvalue weighted by Crippen LogP contribution is 2.37. The summed E-state index contributed by atoms with van der Waals surface area (Å²) in [7, 11) is 0. The Kier molecular flexibility index (Phi) is 6.79. The Morgan fingerprint density at radius 3 is 2.50 bits per heavy atom. The number of hydrogen-bond acceptors (Lipinski definition) is 2. The fraction of sp³-hybridized carbons (Fsp3) is 0.571. The summed E-state index contributed by atoms with van der Waals surface area (Å²) in [6.45, 7) is 2.11. The molecule has 0 aliphatic rings. The molecule has 2 unspecified atom stereocenters. The lowest BCUT2D eigenvalue weighted by molar-refractivity contribution is -0.138. The molecule has 1 aromatic rings. The summed E-state index contributed by atoms with van der Waals surface area (Å²) in [6.07, 6.45) is -4.13. The summed E-state index contributed by atoms with van der Waals surface area (Å²) >= 11 is 5.64. The average Bonchev–Trinajstić information content (AvgIpc) is 2.39. The second kappa shape index (κ2) is 7.86. The van der Waals surface area contributed by atoms with Gasteiger partial charge in [-0.1, -0.05) is 18.2 Å². The van der Waals surface area contributed by atoms with E-state index in [1.54, 1.807) is 13.0 Å². The molecule has 0 aliphatic heterocycles. The first-order valence-corrected chi connectivity index (χ1v) is 7.04. The minimum Gasteiger partial charge on any atom is -0.363 e. The molecule has 0 radical (unpaired) electrons. The monoisotopic (exact) mass is 309 g/mol. The van der Waals surface area contributed by atoms with Gasteiger partial charge in [0.1, 0.15) is 6.23 Å². The number of halogens is 4. The highest BCUT2D eigenvalue weighted by molar-refractivity contribution is 6.17. The van der Waals surface area contributed by atoms with Crippen LogP contribution in [0.5, 0.6) is 0 Å². The number of nitrogens with two attached hydrogens (primary N) is 1. The van der Waals surface area contributed by atoms with Crippen LogP contribution in [0.4, 0.5) is 13.2 Å². The quantitative estimate of drug-likeness (QED) is 0.607. The number of ether oxygens (including phenoxy) is 1. The molecule has 0 heterocycles. The van der Waals surface area contributed by atoms with E-state index in [-0.39, 0.29) is 5.56 Å². The molecule has 0 aliphatic carbocycles. The smallest absolute Gasteiger partial charge is 0.363 e. The van der Waals surface area contributed by atoms with Crippen LogP contribution in [-0.2, 0) is 10.9 Å². The van der Waals surface area contributed by atoms with Crippen molar-refractivity contribution < 1.29 is 17.9 Å². The van der Waals surface area contributed by atoms with Gasteiger partial charge < -0.3 is 10.5 Å². The van der Waals surface area contributed by atoms with Gasteiger partial charge in [0.05, 0.1) is 5.56 Å². The van der Waals surface area contributed by atoms with E-state index in [1.165, 1.54) is 12.1 Å². The van der Waals surface area contributed by atoms with Crippen LogP contribution in [0.3, 0.4) is 0 Å². The van der Waals surface area contributed by atoms with Gasteiger partial charge in [0.25, 0.3) is 0 Å². The molecule has 1 aromatic carbocycles. The van der Waals surface area contributed by atoms with E-state index in [4.69, 9.17) is 22.1 Å². The van der Waals surface area contributed by atoms with Gasteiger partial charge >= 0.3 is 6.18 Å². The van der Waals surface area contributed by atoms with Crippen molar-refractivity contribution >= 4 is 11.6 Å². The predicted octanol–water partition coefficient (Wildman–Crippen LogP) is 4.13. The minimum absolute atomic E-state index is 0.172. The zero-order chi connectivity index (χ0) is 15.2. The van der Waals surface area contributed by atoms with Crippen LogP contribution in [0.2, 0.25) is 0 Å². The van der Waals surface area contributed by atoms with Gasteiger partial charge in [0, 0.05) is 18.4 Å². The van der Waals surface area contributed by atoms with Crippen molar-refractivity contribution in [2.45, 2.75) is 38.1 Å². The number of hydrogen-bond donors (Lipinski definition) is 1. The van der Waals surface area contributed by atoms with Crippen LogP contribution in [0.25, 0.3) is 0 Å². The van der Waals surface area contributed by atoms with Crippen molar-refractivity contribution in [3.8, 4) is 0 Å². The lowest BCUT2D eigenvalue weighted by Crippen LogP contribution is -2.33. The summed E-state index contributed by atoms with van der Waals surface area (Å²) in [4.78, 5) is 0. The van der Waals surface area contributed by atoms with E-state index >= 15 is 0 Å². The second-order valence-corrected chi connectivity index (χ2v) is 4.82. The Morgan fingerprint density at radius 2 is 1.95 bits per heavy atom. The molecular weight excluding hydrogens is 291 g/mol. The van der Waals surface area contributed by atoms with E-state index in [0.717, 1.165) is 6.07 Å². The van der Waals surface area contributed by atoms with Gasteiger partial charge in [-0.15, -0.1) is 11.6 Å². The number of rotatable bonds is 7. The summed E-state index contributed by atoms with van der Waals surface area (Å²) in [5, 5.41) is 0. The topological polar surface area (TPSA) is 35.2 Å². The lowest BCUT2D eigenvalue weighted by Gasteiger charge is -2.26. The van der Waals surface area contributed by atoms with Crippen LogP contribution in [0.15, 0.2) is 24.3 Å². The molecule has 0 saturated heterocycles. The summed E-state index contributed by atoms with van der Waals surface area (Å²) in [5.41, 5.74) is 5.40. The molecule has 2 nitrogen and oxygen atoms in total. The Hall–Kier alpha value is -0.780. The molecule has 0 aromatic heterocycles. The molecule has 0 spiro atoms. The summed E-state index contributed by atoms with van der Waals surface area (Å²) in [6, 6.07) is 5.48. The minimum atomic E-state index is -4.40. The SMILES string of the molecule is CCOC(N)C(CCCCl)c1ccccc1C(F)(F)F. The first-order chi connectivity index (χ1) is 9.41. The van der Waals surface area contributed by atoms with Crippen LogP contribution < -0.4 is 5.73 Å². The van der Waals surface area contributed by atoms with Gasteiger partial charge in [-0.3, -0.25) is 0 Å². The maximum atomic E-state index is 13.1. The van der Waals surface area contributed by atoms with Crippen molar-refractivity contribution in [3.63, 3.8) is 0 Å². The molecule has 2 N–H and O–H groups in total. The van der Waals surface area contributed by atoms with Crippen LogP contribution in [0, 0.1) is 0 Å². The van der Waals surface area contributed by atoms with Crippen LogP contribution >= 0.6 is 11.6 Å². The number of alkyl halides is 4. The van der Waals surface area contributed by atoms with Gasteiger partial charge in [-0.25, -0.2) is 0 Å². The first-order valence-electron chi connectivity index (χ1n) is 6.51. The maximum absolute atomic E-state index is 13.1. The van der Waals surface area contributed by atoms with E-state index in [9.17, 15) is 13.2 Å². The molecule has 1 rings (SSSR count). The van der Waals surface area contributed by atoms with Crippen LogP contribution in [0.1, 0.15) is 36.8 Å².